The lowest BCUT2D eigenvalue weighted by Gasteiger charge is -1.98. The Morgan fingerprint density at radius 2 is 1.81 bits per heavy atom. The summed E-state index contributed by atoms with van der Waals surface area (Å²) < 4.78 is 0. The normalized spacial score (nSPS) is 10.2. The standard InChI is InChI=1S/C13H12O3/c1-2-3-10-4-6-11(7-5-10)12(14)8-9-13(15)16/h2,4-9H,1,3H2,(H,15,16)/b9-8+. The number of allylic oxidation sites excluding steroid dienone is 2. The van der Waals surface area contributed by atoms with Crippen molar-refractivity contribution in [3.8, 4) is 0 Å². The van der Waals surface area contributed by atoms with E-state index >= 15 is 0 Å². The highest BCUT2D eigenvalue weighted by atomic mass is 16.4. The predicted octanol–water partition coefficient (Wildman–Crippen LogP) is 2.24. The molecule has 0 saturated carbocycles. The summed E-state index contributed by atoms with van der Waals surface area (Å²) >= 11 is 0. The number of benzene rings is 1. The van der Waals surface area contributed by atoms with Gasteiger partial charge in [0.1, 0.15) is 0 Å². The Balaban J connectivity index is 2.77. The Kier molecular flexibility index (Phi) is 4.21. The summed E-state index contributed by atoms with van der Waals surface area (Å²) in [5.41, 5.74) is 1.54. The Morgan fingerprint density at radius 3 is 2.31 bits per heavy atom. The van der Waals surface area contributed by atoms with Gasteiger partial charge in [-0.2, -0.15) is 0 Å². The molecule has 1 aromatic carbocycles. The summed E-state index contributed by atoms with van der Waals surface area (Å²) in [4.78, 5) is 21.7. The minimum atomic E-state index is -1.13. The van der Waals surface area contributed by atoms with Gasteiger partial charge in [0, 0.05) is 11.6 Å². The number of carboxylic acid groups (broad SMARTS) is 1. The van der Waals surface area contributed by atoms with Crippen LogP contribution in [0.3, 0.4) is 0 Å². The summed E-state index contributed by atoms with van der Waals surface area (Å²) in [6, 6.07) is 6.99. The number of aliphatic carboxylic acids is 1. The number of carbonyl (C=O) groups is 2. The monoisotopic (exact) mass is 216 g/mol. The van der Waals surface area contributed by atoms with Crippen LogP contribution in [0.25, 0.3) is 0 Å². The van der Waals surface area contributed by atoms with Crippen LogP contribution in [-0.4, -0.2) is 16.9 Å². The zero-order chi connectivity index (χ0) is 12.0. The van der Waals surface area contributed by atoms with Crippen molar-refractivity contribution < 1.29 is 14.7 Å². The molecular weight excluding hydrogens is 204 g/mol. The molecule has 82 valence electrons. The van der Waals surface area contributed by atoms with Crippen molar-refractivity contribution in [2.24, 2.45) is 0 Å². The molecule has 0 unspecified atom stereocenters. The topological polar surface area (TPSA) is 54.4 Å². The highest BCUT2D eigenvalue weighted by molar-refractivity contribution is 6.06. The third kappa shape index (κ3) is 3.53. The highest BCUT2D eigenvalue weighted by Gasteiger charge is 2.01. The average molecular weight is 216 g/mol. The molecule has 16 heavy (non-hydrogen) atoms. The molecule has 3 nitrogen and oxygen atoms in total. The molecule has 1 aromatic rings. The molecule has 0 bridgehead atoms. The molecule has 0 heterocycles. The molecule has 0 aliphatic rings. The molecule has 0 saturated heterocycles. The van der Waals surface area contributed by atoms with Gasteiger partial charge in [-0.15, -0.1) is 6.58 Å². The summed E-state index contributed by atoms with van der Waals surface area (Å²) in [7, 11) is 0. The number of carbonyl (C=O) groups excluding carboxylic acids is 1. The number of rotatable bonds is 5. The van der Waals surface area contributed by atoms with Crippen LogP contribution in [0.5, 0.6) is 0 Å². The van der Waals surface area contributed by atoms with Crippen molar-refractivity contribution in [1.82, 2.24) is 0 Å². The minimum absolute atomic E-state index is 0.312. The molecule has 1 N–H and O–H groups in total. The van der Waals surface area contributed by atoms with Gasteiger partial charge in [0.15, 0.2) is 5.78 Å². The number of carboxylic acids is 1. The lowest BCUT2D eigenvalue weighted by molar-refractivity contribution is -0.131. The zero-order valence-corrected chi connectivity index (χ0v) is 8.72. The predicted molar refractivity (Wildman–Crippen MR) is 61.4 cm³/mol. The van der Waals surface area contributed by atoms with Crippen molar-refractivity contribution in [1.29, 1.82) is 0 Å². The van der Waals surface area contributed by atoms with Crippen LogP contribution in [0.4, 0.5) is 0 Å². The Morgan fingerprint density at radius 1 is 1.19 bits per heavy atom. The Hall–Kier alpha value is -2.16. The molecule has 0 fully saturated rings. The maximum absolute atomic E-state index is 11.4. The quantitative estimate of drug-likeness (QED) is 0.466. The third-order valence-electron chi connectivity index (χ3n) is 2.00. The maximum atomic E-state index is 11.4. The van der Waals surface area contributed by atoms with Crippen LogP contribution in [0.1, 0.15) is 15.9 Å². The van der Waals surface area contributed by atoms with E-state index in [0.29, 0.717) is 5.56 Å². The van der Waals surface area contributed by atoms with E-state index in [4.69, 9.17) is 5.11 Å². The largest absolute Gasteiger partial charge is 0.478 e. The summed E-state index contributed by atoms with van der Waals surface area (Å²) in [6.07, 6.45) is 4.41. The van der Waals surface area contributed by atoms with Gasteiger partial charge in [-0.3, -0.25) is 4.79 Å². The fourth-order valence-corrected chi connectivity index (χ4v) is 1.21. The van der Waals surface area contributed by atoms with Gasteiger partial charge >= 0.3 is 5.97 Å². The summed E-state index contributed by atoms with van der Waals surface area (Å²) in [5, 5.41) is 8.37. The van der Waals surface area contributed by atoms with Crippen LogP contribution in [0.15, 0.2) is 49.1 Å². The first-order valence-corrected chi connectivity index (χ1v) is 4.78. The Labute approximate surface area is 93.7 Å². The van der Waals surface area contributed by atoms with E-state index in [9.17, 15) is 9.59 Å². The molecule has 0 atom stereocenters. The first-order valence-electron chi connectivity index (χ1n) is 4.78. The summed E-state index contributed by atoms with van der Waals surface area (Å²) in [6.45, 7) is 3.62. The van der Waals surface area contributed by atoms with Gasteiger partial charge in [-0.05, 0) is 18.1 Å². The first-order chi connectivity index (χ1) is 7.63. The van der Waals surface area contributed by atoms with Crippen molar-refractivity contribution in [2.45, 2.75) is 6.42 Å². The van der Waals surface area contributed by atoms with Gasteiger partial charge < -0.3 is 5.11 Å². The highest BCUT2D eigenvalue weighted by Crippen LogP contribution is 2.06. The van der Waals surface area contributed by atoms with Gasteiger partial charge in [0.05, 0.1) is 0 Å². The summed E-state index contributed by atoms with van der Waals surface area (Å²) in [5.74, 6) is -1.44. The van der Waals surface area contributed by atoms with E-state index in [-0.39, 0.29) is 5.78 Å². The maximum Gasteiger partial charge on any atom is 0.328 e. The third-order valence-corrected chi connectivity index (χ3v) is 2.00. The molecule has 0 aliphatic heterocycles. The van der Waals surface area contributed by atoms with E-state index in [0.717, 1.165) is 24.1 Å². The first kappa shape index (κ1) is 11.9. The van der Waals surface area contributed by atoms with Crippen molar-refractivity contribution in [3.05, 3.63) is 60.2 Å². The molecular formula is C13H12O3. The second kappa shape index (κ2) is 5.66. The molecule has 1 rings (SSSR count). The molecule has 3 heteroatoms. The zero-order valence-electron chi connectivity index (χ0n) is 8.72. The van der Waals surface area contributed by atoms with E-state index in [1.54, 1.807) is 18.2 Å². The van der Waals surface area contributed by atoms with Crippen LogP contribution in [0.2, 0.25) is 0 Å². The van der Waals surface area contributed by atoms with Gasteiger partial charge in [-0.1, -0.05) is 30.3 Å². The van der Waals surface area contributed by atoms with Crippen molar-refractivity contribution in [2.75, 3.05) is 0 Å². The second-order valence-corrected chi connectivity index (χ2v) is 3.23. The van der Waals surface area contributed by atoms with E-state index in [1.807, 2.05) is 12.1 Å². The van der Waals surface area contributed by atoms with Crippen molar-refractivity contribution in [3.63, 3.8) is 0 Å². The number of hydrogen-bond donors (Lipinski definition) is 1. The Bertz CT molecular complexity index is 427. The average Bonchev–Trinajstić information content (AvgIpc) is 2.27. The molecule has 0 radical (unpaired) electrons. The van der Waals surface area contributed by atoms with Crippen LogP contribution in [0, 0.1) is 0 Å². The second-order valence-electron chi connectivity index (χ2n) is 3.23. The lowest BCUT2D eigenvalue weighted by atomic mass is 10.1. The van der Waals surface area contributed by atoms with Crippen LogP contribution in [-0.2, 0) is 11.2 Å². The smallest absolute Gasteiger partial charge is 0.328 e. The van der Waals surface area contributed by atoms with Gasteiger partial charge in [0.2, 0.25) is 0 Å². The van der Waals surface area contributed by atoms with Crippen LogP contribution < -0.4 is 0 Å². The minimum Gasteiger partial charge on any atom is -0.478 e. The van der Waals surface area contributed by atoms with Crippen molar-refractivity contribution >= 4 is 11.8 Å². The van der Waals surface area contributed by atoms with Gasteiger partial charge in [-0.25, -0.2) is 4.79 Å². The SMILES string of the molecule is C=CCc1ccc(C(=O)/C=C/C(=O)O)cc1. The van der Waals surface area contributed by atoms with E-state index in [1.165, 1.54) is 0 Å². The molecule has 0 aromatic heterocycles. The number of ketones is 1. The fourth-order valence-electron chi connectivity index (χ4n) is 1.21. The van der Waals surface area contributed by atoms with Crippen LogP contribution >= 0.6 is 0 Å². The molecule has 0 spiro atoms. The number of hydrogen-bond acceptors (Lipinski definition) is 2. The molecule has 0 amide bonds. The van der Waals surface area contributed by atoms with E-state index in [2.05, 4.69) is 6.58 Å². The fraction of sp³-hybridized carbons (Fsp3) is 0.0769. The van der Waals surface area contributed by atoms with E-state index < -0.39 is 5.97 Å². The lowest BCUT2D eigenvalue weighted by Crippen LogP contribution is -1.96. The molecule has 0 aliphatic carbocycles. The van der Waals surface area contributed by atoms with Gasteiger partial charge in [0.25, 0.3) is 0 Å².